The van der Waals surface area contributed by atoms with Gasteiger partial charge in [-0.05, 0) is 25.5 Å². The highest BCUT2D eigenvalue weighted by Crippen LogP contribution is 2.27. The minimum absolute atomic E-state index is 0.563. The Morgan fingerprint density at radius 1 is 1.43 bits per heavy atom. The van der Waals surface area contributed by atoms with E-state index in [2.05, 4.69) is 43.1 Å². The molecule has 2 heterocycles. The normalized spacial score (nSPS) is 15.2. The molecule has 120 valence electrons. The third kappa shape index (κ3) is 5.75. The van der Waals surface area contributed by atoms with E-state index in [4.69, 9.17) is 9.15 Å². The molecule has 0 aromatic carbocycles. The molecule has 1 aromatic rings. The average Bonchev–Trinajstić information content (AvgIpc) is 2.89. The lowest BCUT2D eigenvalue weighted by molar-refractivity contribution is 0.295. The molecular weight excluding hydrogens is 284 g/mol. The van der Waals surface area contributed by atoms with Crippen LogP contribution in [0.3, 0.4) is 0 Å². The molecule has 0 atom stereocenters. The highest BCUT2D eigenvalue weighted by molar-refractivity contribution is 7.98. The van der Waals surface area contributed by atoms with Crippen molar-refractivity contribution in [3.8, 4) is 5.95 Å². The fourth-order valence-electron chi connectivity index (χ4n) is 2.04. The fraction of sp³-hybridized carbons (Fsp3) is 0.688. The number of thioether (sulfide) groups is 1. The third-order valence-corrected chi connectivity index (χ3v) is 3.62. The van der Waals surface area contributed by atoms with E-state index in [1.165, 1.54) is 6.42 Å². The summed E-state index contributed by atoms with van der Waals surface area (Å²) in [6.45, 7) is 6.24. The van der Waals surface area contributed by atoms with Crippen LogP contribution in [0.4, 0.5) is 0 Å². The van der Waals surface area contributed by atoms with E-state index >= 15 is 0 Å². The van der Waals surface area contributed by atoms with E-state index < -0.39 is 0 Å². The number of methoxy groups -OCH3 is 1. The summed E-state index contributed by atoms with van der Waals surface area (Å²) in [6, 6.07) is 0. The first kappa shape index (κ1) is 18.1. The molecule has 2 rings (SSSR count). The number of hydrogen-bond donors (Lipinski definition) is 0. The van der Waals surface area contributed by atoms with Crippen molar-refractivity contribution in [3.63, 3.8) is 0 Å². The van der Waals surface area contributed by atoms with Crippen molar-refractivity contribution in [1.29, 1.82) is 0 Å². The Balaban J connectivity index is 0.000000677. The first-order valence-electron chi connectivity index (χ1n) is 7.56. The van der Waals surface area contributed by atoms with Crippen LogP contribution in [-0.2, 0) is 6.42 Å². The van der Waals surface area contributed by atoms with E-state index in [0.717, 1.165) is 48.8 Å². The highest BCUT2D eigenvalue weighted by Gasteiger charge is 2.19. The van der Waals surface area contributed by atoms with E-state index in [1.54, 1.807) is 18.9 Å². The average molecular weight is 312 g/mol. The minimum atomic E-state index is 0.563. The molecule has 0 saturated carbocycles. The van der Waals surface area contributed by atoms with Crippen LogP contribution in [0, 0.1) is 0 Å². The molecule has 0 fully saturated rings. The Kier molecular flexibility index (Phi) is 8.54. The van der Waals surface area contributed by atoms with Crippen molar-refractivity contribution in [3.05, 3.63) is 17.7 Å². The molecule has 21 heavy (non-hydrogen) atoms. The monoisotopic (exact) mass is 312 g/mol. The molecule has 0 radical (unpaired) electrons. The fourth-order valence-corrected chi connectivity index (χ4v) is 2.44. The SMILES string of the molecule is CCC.COc1oc(C2=CCCN(C)C2)nc1CCSC. The molecule has 0 unspecified atom stereocenters. The number of aryl methyl sites for hydroxylation is 1. The van der Waals surface area contributed by atoms with Crippen LogP contribution in [0.25, 0.3) is 5.57 Å². The molecule has 5 heteroatoms. The predicted molar refractivity (Wildman–Crippen MR) is 91.2 cm³/mol. The van der Waals surface area contributed by atoms with Crippen LogP contribution < -0.4 is 4.74 Å². The molecule has 4 nitrogen and oxygen atoms in total. The zero-order valence-electron chi connectivity index (χ0n) is 13.9. The van der Waals surface area contributed by atoms with Gasteiger partial charge in [-0.15, -0.1) is 0 Å². The summed E-state index contributed by atoms with van der Waals surface area (Å²) in [4.78, 5) is 6.85. The molecule has 0 saturated heterocycles. The number of rotatable bonds is 5. The Hall–Kier alpha value is -0.940. The summed E-state index contributed by atoms with van der Waals surface area (Å²) in [5.41, 5.74) is 2.09. The third-order valence-electron chi connectivity index (χ3n) is 3.01. The largest absolute Gasteiger partial charge is 0.467 e. The zero-order valence-corrected chi connectivity index (χ0v) is 14.8. The zero-order chi connectivity index (χ0) is 15.7. The molecule has 0 aliphatic carbocycles. The Labute approximate surface area is 132 Å². The second kappa shape index (κ2) is 9.90. The van der Waals surface area contributed by atoms with Crippen molar-refractivity contribution in [2.45, 2.75) is 33.1 Å². The number of nitrogens with zero attached hydrogens (tertiary/aromatic N) is 2. The van der Waals surface area contributed by atoms with Gasteiger partial charge in [-0.2, -0.15) is 11.8 Å². The van der Waals surface area contributed by atoms with Crippen LogP contribution in [-0.4, -0.2) is 49.1 Å². The summed E-state index contributed by atoms with van der Waals surface area (Å²) in [5, 5.41) is 0. The van der Waals surface area contributed by atoms with E-state index in [-0.39, 0.29) is 0 Å². The van der Waals surface area contributed by atoms with Gasteiger partial charge in [-0.1, -0.05) is 26.3 Å². The number of likely N-dealkylation sites (N-methyl/N-ethyl adjacent to an activating group) is 1. The molecular formula is C16H28N2O2S. The summed E-state index contributed by atoms with van der Waals surface area (Å²) < 4.78 is 11.0. The van der Waals surface area contributed by atoms with Gasteiger partial charge in [0, 0.05) is 25.1 Å². The summed E-state index contributed by atoms with van der Waals surface area (Å²) in [5.74, 6) is 2.31. The van der Waals surface area contributed by atoms with Gasteiger partial charge >= 0.3 is 5.95 Å². The highest BCUT2D eigenvalue weighted by atomic mass is 32.2. The van der Waals surface area contributed by atoms with Gasteiger partial charge in [0.15, 0.2) is 0 Å². The van der Waals surface area contributed by atoms with Crippen LogP contribution in [0.15, 0.2) is 10.5 Å². The second-order valence-electron chi connectivity index (χ2n) is 5.16. The van der Waals surface area contributed by atoms with Gasteiger partial charge in [-0.3, -0.25) is 0 Å². The summed E-state index contributed by atoms with van der Waals surface area (Å²) in [7, 11) is 3.75. The van der Waals surface area contributed by atoms with E-state index in [0.29, 0.717) is 5.95 Å². The number of oxazole rings is 1. The summed E-state index contributed by atoms with van der Waals surface area (Å²) in [6.07, 6.45) is 7.49. The lowest BCUT2D eigenvalue weighted by atomic mass is 10.1. The maximum atomic E-state index is 5.71. The van der Waals surface area contributed by atoms with Crippen molar-refractivity contribution >= 4 is 17.3 Å². The number of ether oxygens (including phenoxy) is 1. The first-order valence-corrected chi connectivity index (χ1v) is 8.96. The molecule has 1 aliphatic rings. The van der Waals surface area contributed by atoms with E-state index in [9.17, 15) is 0 Å². The molecule has 0 bridgehead atoms. The van der Waals surface area contributed by atoms with Gasteiger partial charge in [0.25, 0.3) is 0 Å². The number of aromatic nitrogens is 1. The van der Waals surface area contributed by atoms with Gasteiger partial charge in [0.2, 0.25) is 5.89 Å². The van der Waals surface area contributed by atoms with Crippen molar-refractivity contribution < 1.29 is 9.15 Å². The molecule has 1 aromatic heterocycles. The summed E-state index contributed by atoms with van der Waals surface area (Å²) >= 11 is 1.80. The lowest BCUT2D eigenvalue weighted by Crippen LogP contribution is -2.25. The Bertz CT molecular complexity index is 443. The lowest BCUT2D eigenvalue weighted by Gasteiger charge is -2.20. The molecule has 0 amide bonds. The Morgan fingerprint density at radius 3 is 2.71 bits per heavy atom. The number of hydrogen-bond acceptors (Lipinski definition) is 5. The quantitative estimate of drug-likeness (QED) is 0.828. The maximum absolute atomic E-state index is 5.71. The topological polar surface area (TPSA) is 38.5 Å². The standard InChI is InChI=1S/C13H20N2O2S.C3H8/c1-15-7-4-5-10(9-15)12-14-11(6-8-18-3)13(16-2)17-12;1-3-2/h5H,4,6-9H2,1-3H3;3H2,1-2H3. The van der Waals surface area contributed by atoms with Gasteiger partial charge in [-0.25, -0.2) is 4.98 Å². The van der Waals surface area contributed by atoms with Crippen LogP contribution in [0.5, 0.6) is 5.95 Å². The smallest absolute Gasteiger partial charge is 0.308 e. The molecule has 1 aliphatic heterocycles. The molecule has 0 N–H and O–H groups in total. The maximum Gasteiger partial charge on any atom is 0.308 e. The van der Waals surface area contributed by atoms with Gasteiger partial charge in [0.1, 0.15) is 5.69 Å². The van der Waals surface area contributed by atoms with Crippen LogP contribution in [0.2, 0.25) is 0 Å². The van der Waals surface area contributed by atoms with Gasteiger partial charge in [0.05, 0.1) is 7.11 Å². The molecule has 0 spiro atoms. The van der Waals surface area contributed by atoms with E-state index in [1.807, 2.05) is 0 Å². The Morgan fingerprint density at radius 2 is 2.14 bits per heavy atom. The van der Waals surface area contributed by atoms with Crippen molar-refractivity contribution in [2.24, 2.45) is 0 Å². The predicted octanol–water partition coefficient (Wildman–Crippen LogP) is 3.72. The van der Waals surface area contributed by atoms with Crippen LogP contribution in [0.1, 0.15) is 38.3 Å². The first-order chi connectivity index (χ1) is 10.2. The second-order valence-corrected chi connectivity index (χ2v) is 6.15. The minimum Gasteiger partial charge on any atom is -0.467 e. The van der Waals surface area contributed by atoms with Crippen molar-refractivity contribution in [1.82, 2.24) is 9.88 Å². The van der Waals surface area contributed by atoms with Crippen LogP contribution >= 0.6 is 11.8 Å². The van der Waals surface area contributed by atoms with Gasteiger partial charge < -0.3 is 14.1 Å². The van der Waals surface area contributed by atoms with Crippen molar-refractivity contribution in [2.75, 3.05) is 39.3 Å².